The van der Waals surface area contributed by atoms with E-state index in [2.05, 4.69) is 11.8 Å². The second kappa shape index (κ2) is 6.43. The summed E-state index contributed by atoms with van der Waals surface area (Å²) in [5.41, 5.74) is 5.81. The Labute approximate surface area is 92.7 Å². The van der Waals surface area contributed by atoms with Crippen molar-refractivity contribution >= 4 is 0 Å². The third kappa shape index (κ3) is 3.41. The van der Waals surface area contributed by atoms with Crippen molar-refractivity contribution < 1.29 is 9.47 Å². The van der Waals surface area contributed by atoms with Crippen LogP contribution in [0.2, 0.25) is 0 Å². The van der Waals surface area contributed by atoms with E-state index in [0.29, 0.717) is 24.7 Å². The van der Waals surface area contributed by atoms with Gasteiger partial charge in [-0.2, -0.15) is 0 Å². The number of hydrogen-bond donors (Lipinski definition) is 1. The molecular weight excluding hydrogens is 192 g/mol. The summed E-state index contributed by atoms with van der Waals surface area (Å²) >= 11 is 0. The molecule has 4 heteroatoms. The largest absolute Gasteiger partial charge is 0.383 e. The standard InChI is InChI=1S/C11H24N2O2/c1-9(8-14-2)13-5-4-11(15-3)6-10(13)7-12/h9-11H,4-8,12H2,1-3H3. The van der Waals surface area contributed by atoms with Gasteiger partial charge in [-0.1, -0.05) is 0 Å². The van der Waals surface area contributed by atoms with Crippen LogP contribution in [0.3, 0.4) is 0 Å². The quantitative estimate of drug-likeness (QED) is 0.725. The Bertz CT molecular complexity index is 178. The molecule has 0 aromatic rings. The van der Waals surface area contributed by atoms with Crippen LogP contribution in [0.5, 0.6) is 0 Å². The van der Waals surface area contributed by atoms with E-state index in [4.69, 9.17) is 15.2 Å². The predicted octanol–water partition coefficient (Wildman–Crippen LogP) is 0.459. The minimum atomic E-state index is 0.379. The Kier molecular flexibility index (Phi) is 5.53. The Morgan fingerprint density at radius 1 is 1.47 bits per heavy atom. The maximum atomic E-state index is 5.81. The lowest BCUT2D eigenvalue weighted by molar-refractivity contribution is -0.0156. The van der Waals surface area contributed by atoms with E-state index >= 15 is 0 Å². The van der Waals surface area contributed by atoms with Crippen LogP contribution >= 0.6 is 0 Å². The molecule has 15 heavy (non-hydrogen) atoms. The number of piperidine rings is 1. The highest BCUT2D eigenvalue weighted by Gasteiger charge is 2.30. The zero-order valence-corrected chi connectivity index (χ0v) is 10.1. The monoisotopic (exact) mass is 216 g/mol. The molecule has 3 unspecified atom stereocenters. The summed E-state index contributed by atoms with van der Waals surface area (Å²) in [5, 5.41) is 0. The second-order valence-corrected chi connectivity index (χ2v) is 4.31. The highest BCUT2D eigenvalue weighted by molar-refractivity contribution is 4.85. The number of hydrogen-bond acceptors (Lipinski definition) is 4. The molecule has 90 valence electrons. The summed E-state index contributed by atoms with van der Waals surface area (Å²) in [6, 6.07) is 0.884. The fraction of sp³-hybridized carbons (Fsp3) is 1.00. The molecule has 0 aromatic heterocycles. The first-order valence-electron chi connectivity index (χ1n) is 5.70. The number of methoxy groups -OCH3 is 2. The van der Waals surface area contributed by atoms with Crippen molar-refractivity contribution in [2.24, 2.45) is 5.73 Å². The molecule has 1 aliphatic heterocycles. The minimum Gasteiger partial charge on any atom is -0.383 e. The molecule has 1 heterocycles. The minimum absolute atomic E-state index is 0.379. The van der Waals surface area contributed by atoms with Gasteiger partial charge >= 0.3 is 0 Å². The highest BCUT2D eigenvalue weighted by Crippen LogP contribution is 2.21. The topological polar surface area (TPSA) is 47.7 Å². The van der Waals surface area contributed by atoms with Crippen molar-refractivity contribution in [3.05, 3.63) is 0 Å². The van der Waals surface area contributed by atoms with Crippen LogP contribution in [-0.2, 0) is 9.47 Å². The lowest BCUT2D eigenvalue weighted by atomic mass is 9.97. The third-order valence-electron chi connectivity index (χ3n) is 3.29. The molecule has 1 aliphatic rings. The summed E-state index contributed by atoms with van der Waals surface area (Å²) < 4.78 is 10.6. The highest BCUT2D eigenvalue weighted by atomic mass is 16.5. The maximum absolute atomic E-state index is 5.81. The molecule has 0 bridgehead atoms. The molecular formula is C11H24N2O2. The first-order valence-corrected chi connectivity index (χ1v) is 5.70. The number of rotatable bonds is 5. The smallest absolute Gasteiger partial charge is 0.0615 e. The van der Waals surface area contributed by atoms with Gasteiger partial charge in [-0.3, -0.25) is 4.90 Å². The Morgan fingerprint density at radius 3 is 2.73 bits per heavy atom. The molecule has 0 amide bonds. The predicted molar refractivity (Wildman–Crippen MR) is 60.9 cm³/mol. The van der Waals surface area contributed by atoms with Crippen LogP contribution in [-0.4, -0.2) is 57.0 Å². The van der Waals surface area contributed by atoms with Crippen molar-refractivity contribution in [2.45, 2.75) is 38.0 Å². The van der Waals surface area contributed by atoms with Gasteiger partial charge in [0.15, 0.2) is 0 Å². The summed E-state index contributed by atoms with van der Waals surface area (Å²) in [5.74, 6) is 0. The van der Waals surface area contributed by atoms with Crippen molar-refractivity contribution in [1.82, 2.24) is 4.90 Å². The van der Waals surface area contributed by atoms with Gasteiger partial charge < -0.3 is 15.2 Å². The van der Waals surface area contributed by atoms with Gasteiger partial charge in [-0.25, -0.2) is 0 Å². The van der Waals surface area contributed by atoms with Crippen molar-refractivity contribution in [3.63, 3.8) is 0 Å². The number of nitrogens with two attached hydrogens (primary N) is 1. The van der Waals surface area contributed by atoms with Gasteiger partial charge in [0.05, 0.1) is 12.7 Å². The SMILES string of the molecule is COCC(C)N1CCC(OC)CC1CN. The van der Waals surface area contributed by atoms with E-state index in [1.807, 2.05) is 0 Å². The van der Waals surface area contributed by atoms with Crippen molar-refractivity contribution in [3.8, 4) is 0 Å². The average Bonchev–Trinajstić information content (AvgIpc) is 2.28. The van der Waals surface area contributed by atoms with Crippen LogP contribution in [0.25, 0.3) is 0 Å². The van der Waals surface area contributed by atoms with Crippen LogP contribution in [0.4, 0.5) is 0 Å². The molecule has 1 rings (SSSR count). The zero-order chi connectivity index (χ0) is 11.3. The van der Waals surface area contributed by atoms with Gasteiger partial charge in [-0.15, -0.1) is 0 Å². The second-order valence-electron chi connectivity index (χ2n) is 4.31. The molecule has 0 radical (unpaired) electrons. The van der Waals surface area contributed by atoms with E-state index < -0.39 is 0 Å². The maximum Gasteiger partial charge on any atom is 0.0615 e. The molecule has 1 saturated heterocycles. The third-order valence-corrected chi connectivity index (χ3v) is 3.29. The van der Waals surface area contributed by atoms with Crippen LogP contribution in [0.15, 0.2) is 0 Å². The summed E-state index contributed by atoms with van der Waals surface area (Å²) in [4.78, 5) is 2.44. The number of ether oxygens (including phenoxy) is 2. The van der Waals surface area contributed by atoms with Gasteiger partial charge in [0, 0.05) is 39.4 Å². The molecule has 4 nitrogen and oxygen atoms in total. The van der Waals surface area contributed by atoms with Crippen LogP contribution < -0.4 is 5.73 Å². The molecule has 1 fully saturated rings. The van der Waals surface area contributed by atoms with Gasteiger partial charge in [0.1, 0.15) is 0 Å². The fourth-order valence-corrected chi connectivity index (χ4v) is 2.40. The zero-order valence-electron chi connectivity index (χ0n) is 10.1. The first-order chi connectivity index (χ1) is 7.22. The molecule has 0 saturated carbocycles. The summed E-state index contributed by atoms with van der Waals surface area (Å²) in [6.45, 7) is 4.73. The summed E-state index contributed by atoms with van der Waals surface area (Å²) in [7, 11) is 3.53. The van der Waals surface area contributed by atoms with Crippen LogP contribution in [0, 0.1) is 0 Å². The van der Waals surface area contributed by atoms with Crippen molar-refractivity contribution in [1.29, 1.82) is 0 Å². The Balaban J connectivity index is 2.49. The van der Waals surface area contributed by atoms with Crippen molar-refractivity contribution in [2.75, 3.05) is 33.9 Å². The van der Waals surface area contributed by atoms with Gasteiger partial charge in [0.25, 0.3) is 0 Å². The molecule has 3 atom stereocenters. The summed E-state index contributed by atoms with van der Waals surface area (Å²) in [6.07, 6.45) is 2.52. The molecule has 0 aromatic carbocycles. The fourth-order valence-electron chi connectivity index (χ4n) is 2.40. The van der Waals surface area contributed by atoms with Gasteiger partial charge in [-0.05, 0) is 19.8 Å². The average molecular weight is 216 g/mol. The Hall–Kier alpha value is -0.160. The lowest BCUT2D eigenvalue weighted by Crippen LogP contribution is -2.53. The van der Waals surface area contributed by atoms with E-state index in [-0.39, 0.29) is 0 Å². The Morgan fingerprint density at radius 2 is 2.20 bits per heavy atom. The molecule has 2 N–H and O–H groups in total. The normalized spacial score (nSPS) is 30.4. The van der Waals surface area contributed by atoms with Crippen LogP contribution in [0.1, 0.15) is 19.8 Å². The van der Waals surface area contributed by atoms with E-state index in [0.717, 1.165) is 26.0 Å². The van der Waals surface area contributed by atoms with E-state index in [1.165, 1.54) is 0 Å². The van der Waals surface area contributed by atoms with Gasteiger partial charge in [0.2, 0.25) is 0 Å². The van der Waals surface area contributed by atoms with E-state index in [9.17, 15) is 0 Å². The first kappa shape index (κ1) is 12.9. The number of likely N-dealkylation sites (tertiary alicyclic amines) is 1. The molecule has 0 spiro atoms. The number of nitrogens with zero attached hydrogens (tertiary/aromatic N) is 1. The molecule has 0 aliphatic carbocycles. The van der Waals surface area contributed by atoms with E-state index in [1.54, 1.807) is 14.2 Å². The lowest BCUT2D eigenvalue weighted by Gasteiger charge is -2.41.